The van der Waals surface area contributed by atoms with Crippen molar-refractivity contribution >= 4 is 33.7 Å². The Balaban J connectivity index is 1.96. The molecular formula is C10H9BrN2OS. The van der Waals surface area contributed by atoms with Crippen LogP contribution in [0.1, 0.15) is 5.76 Å². The molecule has 0 saturated carbocycles. The monoisotopic (exact) mass is 284 g/mol. The average Bonchev–Trinajstić information content (AvgIpc) is 2.64. The number of aromatic nitrogens is 1. The van der Waals surface area contributed by atoms with Crippen molar-refractivity contribution < 1.29 is 4.52 Å². The number of benzene rings is 1. The average molecular weight is 285 g/mol. The highest BCUT2D eigenvalue weighted by atomic mass is 79.9. The van der Waals surface area contributed by atoms with Gasteiger partial charge in [0.25, 0.3) is 0 Å². The predicted molar refractivity (Wildman–Crippen MR) is 64.9 cm³/mol. The van der Waals surface area contributed by atoms with Gasteiger partial charge in [-0.2, -0.15) is 0 Å². The first kappa shape index (κ1) is 10.6. The second-order valence-electron chi connectivity index (χ2n) is 2.98. The summed E-state index contributed by atoms with van der Waals surface area (Å²) in [7, 11) is 0. The van der Waals surface area contributed by atoms with Gasteiger partial charge in [0.15, 0.2) is 5.82 Å². The molecule has 0 aliphatic heterocycles. The van der Waals surface area contributed by atoms with Crippen molar-refractivity contribution in [1.29, 1.82) is 0 Å². The number of aryl methyl sites for hydroxylation is 1. The normalized spacial score (nSPS) is 10.3. The number of rotatable bonds is 3. The second-order valence-corrected chi connectivity index (χ2v) is 4.78. The lowest BCUT2D eigenvalue weighted by molar-refractivity contribution is 0.400. The Kier molecular flexibility index (Phi) is 3.33. The van der Waals surface area contributed by atoms with E-state index in [0.717, 1.165) is 20.9 Å². The van der Waals surface area contributed by atoms with Gasteiger partial charge in [0.05, 0.1) is 0 Å². The van der Waals surface area contributed by atoms with Gasteiger partial charge < -0.3 is 9.25 Å². The van der Waals surface area contributed by atoms with Gasteiger partial charge in [0, 0.05) is 15.4 Å². The highest BCUT2D eigenvalue weighted by Gasteiger charge is 1.99. The van der Waals surface area contributed by atoms with Crippen LogP contribution in [0.15, 0.2) is 44.2 Å². The van der Waals surface area contributed by atoms with Crippen LogP contribution in [-0.2, 0) is 0 Å². The third kappa shape index (κ3) is 3.00. The zero-order valence-corrected chi connectivity index (χ0v) is 10.4. The molecule has 0 aliphatic rings. The van der Waals surface area contributed by atoms with E-state index in [1.54, 1.807) is 0 Å². The third-order valence-corrected chi connectivity index (χ3v) is 3.06. The number of halogens is 1. The lowest BCUT2D eigenvalue weighted by Crippen LogP contribution is -1.85. The van der Waals surface area contributed by atoms with E-state index in [0.29, 0.717) is 0 Å². The smallest absolute Gasteiger partial charge is 0.179 e. The molecule has 1 aromatic carbocycles. The van der Waals surface area contributed by atoms with Crippen LogP contribution in [0.5, 0.6) is 0 Å². The molecule has 78 valence electrons. The molecule has 5 heteroatoms. The largest absolute Gasteiger partial charge is 0.360 e. The van der Waals surface area contributed by atoms with Gasteiger partial charge in [-0.15, -0.1) is 0 Å². The molecule has 0 unspecified atom stereocenters. The quantitative estimate of drug-likeness (QED) is 0.869. The fraction of sp³-hybridized carbons (Fsp3) is 0.100. The summed E-state index contributed by atoms with van der Waals surface area (Å²) in [6.45, 7) is 1.86. The van der Waals surface area contributed by atoms with Crippen LogP contribution in [-0.4, -0.2) is 5.16 Å². The van der Waals surface area contributed by atoms with Crippen LogP contribution in [0.3, 0.4) is 0 Å². The Morgan fingerprint density at radius 1 is 1.33 bits per heavy atom. The van der Waals surface area contributed by atoms with Crippen molar-refractivity contribution in [2.75, 3.05) is 4.72 Å². The van der Waals surface area contributed by atoms with E-state index in [2.05, 4.69) is 25.8 Å². The van der Waals surface area contributed by atoms with Gasteiger partial charge in [0.2, 0.25) is 0 Å². The van der Waals surface area contributed by atoms with E-state index in [4.69, 9.17) is 4.52 Å². The Morgan fingerprint density at radius 2 is 2.07 bits per heavy atom. The van der Waals surface area contributed by atoms with Crippen molar-refractivity contribution in [2.24, 2.45) is 0 Å². The SMILES string of the molecule is Cc1cc(NSc2ccc(Br)cc2)no1. The van der Waals surface area contributed by atoms with E-state index in [1.807, 2.05) is 37.3 Å². The van der Waals surface area contributed by atoms with Gasteiger partial charge in [-0.05, 0) is 43.1 Å². The van der Waals surface area contributed by atoms with E-state index in [1.165, 1.54) is 11.9 Å². The molecule has 0 fully saturated rings. The van der Waals surface area contributed by atoms with E-state index < -0.39 is 0 Å². The molecule has 1 heterocycles. The minimum Gasteiger partial charge on any atom is -0.360 e. The highest BCUT2D eigenvalue weighted by Crippen LogP contribution is 2.22. The molecule has 0 amide bonds. The van der Waals surface area contributed by atoms with Crippen molar-refractivity contribution in [3.05, 3.63) is 40.6 Å². The molecule has 0 aliphatic carbocycles. The van der Waals surface area contributed by atoms with E-state index in [-0.39, 0.29) is 0 Å². The molecule has 0 spiro atoms. The van der Waals surface area contributed by atoms with Crippen molar-refractivity contribution in [1.82, 2.24) is 5.16 Å². The molecule has 2 rings (SSSR count). The second kappa shape index (κ2) is 4.72. The molecule has 0 atom stereocenters. The van der Waals surface area contributed by atoms with Gasteiger partial charge in [-0.3, -0.25) is 0 Å². The number of hydrogen-bond donors (Lipinski definition) is 1. The summed E-state index contributed by atoms with van der Waals surface area (Å²) in [4.78, 5) is 1.12. The Morgan fingerprint density at radius 3 is 2.67 bits per heavy atom. The van der Waals surface area contributed by atoms with Gasteiger partial charge in [-0.25, -0.2) is 0 Å². The maximum atomic E-state index is 4.94. The summed E-state index contributed by atoms with van der Waals surface area (Å²) in [5.74, 6) is 1.54. The molecular weight excluding hydrogens is 276 g/mol. The molecule has 15 heavy (non-hydrogen) atoms. The van der Waals surface area contributed by atoms with Crippen LogP contribution in [0.2, 0.25) is 0 Å². The minimum absolute atomic E-state index is 0.736. The number of hydrogen-bond acceptors (Lipinski definition) is 4. The first-order valence-corrected chi connectivity index (χ1v) is 5.97. The van der Waals surface area contributed by atoms with Crippen molar-refractivity contribution in [2.45, 2.75) is 11.8 Å². The summed E-state index contributed by atoms with van der Waals surface area (Å²) in [5.41, 5.74) is 0. The van der Waals surface area contributed by atoms with Crippen molar-refractivity contribution in [3.8, 4) is 0 Å². The van der Waals surface area contributed by atoms with E-state index in [9.17, 15) is 0 Å². The first-order valence-electron chi connectivity index (χ1n) is 4.36. The Hall–Kier alpha value is -0.940. The maximum absolute atomic E-state index is 4.94. The van der Waals surface area contributed by atoms with Gasteiger partial charge in [0.1, 0.15) is 5.76 Å². The van der Waals surface area contributed by atoms with E-state index >= 15 is 0 Å². The van der Waals surface area contributed by atoms with Gasteiger partial charge in [-0.1, -0.05) is 21.1 Å². The molecule has 2 aromatic rings. The zero-order valence-electron chi connectivity index (χ0n) is 8.03. The standard InChI is InChI=1S/C10H9BrN2OS/c1-7-6-10(12-14-7)13-15-9-4-2-8(11)3-5-9/h2-6H,1H3,(H,12,13). The molecule has 1 aromatic heterocycles. The first-order chi connectivity index (χ1) is 7.24. The topological polar surface area (TPSA) is 38.1 Å². The van der Waals surface area contributed by atoms with Crippen LogP contribution < -0.4 is 4.72 Å². The zero-order chi connectivity index (χ0) is 10.7. The molecule has 1 N–H and O–H groups in total. The molecule has 0 radical (unpaired) electrons. The minimum atomic E-state index is 0.736. The Bertz CT molecular complexity index is 441. The van der Waals surface area contributed by atoms with Crippen LogP contribution in [0.4, 0.5) is 5.82 Å². The van der Waals surface area contributed by atoms with Crippen LogP contribution in [0, 0.1) is 6.92 Å². The highest BCUT2D eigenvalue weighted by molar-refractivity contribution is 9.10. The maximum Gasteiger partial charge on any atom is 0.179 e. The summed E-state index contributed by atoms with van der Waals surface area (Å²) in [6, 6.07) is 9.89. The van der Waals surface area contributed by atoms with Crippen LogP contribution in [0.25, 0.3) is 0 Å². The lowest BCUT2D eigenvalue weighted by Gasteiger charge is -2.00. The number of anilines is 1. The molecule has 0 bridgehead atoms. The van der Waals surface area contributed by atoms with Crippen LogP contribution >= 0.6 is 27.9 Å². The number of nitrogens with zero attached hydrogens (tertiary/aromatic N) is 1. The number of nitrogens with one attached hydrogen (secondary N) is 1. The Labute approximate surface area is 100 Å². The fourth-order valence-corrected chi connectivity index (χ4v) is 1.88. The summed E-state index contributed by atoms with van der Waals surface area (Å²) >= 11 is 4.89. The molecule has 3 nitrogen and oxygen atoms in total. The van der Waals surface area contributed by atoms with Crippen molar-refractivity contribution in [3.63, 3.8) is 0 Å². The summed E-state index contributed by atoms with van der Waals surface area (Å²) in [5, 5.41) is 3.83. The molecule has 0 saturated heterocycles. The summed E-state index contributed by atoms with van der Waals surface area (Å²) in [6.07, 6.45) is 0. The fourth-order valence-electron chi connectivity index (χ4n) is 1.03. The lowest BCUT2D eigenvalue weighted by atomic mass is 10.4. The predicted octanol–water partition coefficient (Wildman–Crippen LogP) is 3.86. The van der Waals surface area contributed by atoms with Gasteiger partial charge >= 0.3 is 0 Å². The summed E-state index contributed by atoms with van der Waals surface area (Å²) < 4.78 is 9.11. The third-order valence-electron chi connectivity index (χ3n) is 1.72.